The van der Waals surface area contributed by atoms with E-state index in [1.54, 1.807) is 32.4 Å². The highest BCUT2D eigenvalue weighted by Crippen LogP contribution is 2.42. The van der Waals surface area contributed by atoms with Crippen molar-refractivity contribution >= 4 is 41.1 Å². The first-order valence-corrected chi connectivity index (χ1v) is 21.8. The van der Waals surface area contributed by atoms with Crippen molar-refractivity contribution in [3.63, 3.8) is 0 Å². The van der Waals surface area contributed by atoms with Crippen LogP contribution in [0.5, 0.6) is 0 Å². The summed E-state index contributed by atoms with van der Waals surface area (Å²) in [6.07, 6.45) is 4.26. The van der Waals surface area contributed by atoms with Gasteiger partial charge in [0.1, 0.15) is 17.1 Å². The summed E-state index contributed by atoms with van der Waals surface area (Å²) in [7, 11) is 4.81. The van der Waals surface area contributed by atoms with Gasteiger partial charge in [-0.3, -0.25) is 24.1 Å². The molecular formula is C43H64N6O8S. The minimum Gasteiger partial charge on any atom is -0.465 e. The number of amides is 5. The van der Waals surface area contributed by atoms with Gasteiger partial charge in [0.25, 0.3) is 0 Å². The number of likely N-dealkylation sites (tertiary alicyclic amines) is 2. The van der Waals surface area contributed by atoms with Crippen LogP contribution < -0.4 is 10.6 Å². The molecule has 11 atom stereocenters. The van der Waals surface area contributed by atoms with Crippen molar-refractivity contribution in [2.24, 2.45) is 23.7 Å². The Kier molecular flexibility index (Phi) is 15.7. The zero-order chi connectivity index (χ0) is 42.3. The molecule has 3 aliphatic rings. The van der Waals surface area contributed by atoms with E-state index in [4.69, 9.17) is 9.47 Å². The number of hydrogen-bond acceptors (Lipinski definition) is 9. The summed E-state index contributed by atoms with van der Waals surface area (Å²) >= 11 is 1.49. The van der Waals surface area contributed by atoms with Crippen LogP contribution in [0.15, 0.2) is 41.9 Å². The second kappa shape index (κ2) is 20.3. The number of piperidine rings is 1. The smallest absolute Gasteiger partial charge is 0.408 e. The molecule has 15 heteroatoms. The third-order valence-corrected chi connectivity index (χ3v) is 13.8. The van der Waals surface area contributed by atoms with Gasteiger partial charge in [-0.25, -0.2) is 9.78 Å². The lowest BCUT2D eigenvalue weighted by molar-refractivity contribution is -0.148. The van der Waals surface area contributed by atoms with Crippen molar-refractivity contribution in [1.29, 1.82) is 0 Å². The Morgan fingerprint density at radius 3 is 2.34 bits per heavy atom. The van der Waals surface area contributed by atoms with Gasteiger partial charge in [0, 0.05) is 45.4 Å². The molecule has 5 amide bonds. The minimum atomic E-state index is -1.12. The first-order valence-electron chi connectivity index (χ1n) is 20.9. The van der Waals surface area contributed by atoms with Crippen LogP contribution in [-0.4, -0.2) is 125 Å². The second-order valence-electron chi connectivity index (χ2n) is 16.8. The topological polar surface area (TPSA) is 171 Å². The maximum Gasteiger partial charge on any atom is 0.408 e. The van der Waals surface area contributed by atoms with Gasteiger partial charge in [-0.2, -0.15) is 0 Å². The summed E-state index contributed by atoms with van der Waals surface area (Å²) in [6.45, 7) is 10.1. The molecule has 1 aliphatic carbocycles. The van der Waals surface area contributed by atoms with Crippen LogP contribution in [0.1, 0.15) is 96.2 Å². The highest BCUT2D eigenvalue weighted by molar-refractivity contribution is 7.09. The van der Waals surface area contributed by atoms with Crippen molar-refractivity contribution in [2.75, 3.05) is 27.8 Å². The Balaban J connectivity index is 1.28. The molecule has 3 heterocycles. The molecular weight excluding hydrogens is 761 g/mol. The zero-order valence-electron chi connectivity index (χ0n) is 35.3. The van der Waals surface area contributed by atoms with Crippen molar-refractivity contribution in [3.05, 3.63) is 52.5 Å². The van der Waals surface area contributed by atoms with E-state index in [2.05, 4.69) is 15.6 Å². The fraction of sp³-hybridized carbons (Fsp3) is 0.674. The predicted octanol–water partition coefficient (Wildman–Crippen LogP) is 5.14. The van der Waals surface area contributed by atoms with Crippen LogP contribution in [0.3, 0.4) is 0 Å². The first kappa shape index (κ1) is 45.0. The third kappa shape index (κ3) is 10.0. The number of rotatable bonds is 19. The molecule has 2 bridgehead atoms. The molecule has 1 saturated carbocycles. The van der Waals surface area contributed by atoms with E-state index in [0.29, 0.717) is 32.2 Å². The van der Waals surface area contributed by atoms with E-state index in [1.807, 2.05) is 75.2 Å². The van der Waals surface area contributed by atoms with Crippen LogP contribution in [-0.2, 0) is 35.1 Å². The van der Waals surface area contributed by atoms with Crippen LogP contribution in [0.25, 0.3) is 0 Å². The normalized spacial score (nSPS) is 23.8. The van der Waals surface area contributed by atoms with E-state index in [0.717, 1.165) is 29.8 Å². The molecule has 320 valence electrons. The first-order chi connectivity index (χ1) is 27.7. The molecule has 5 rings (SSSR count). The molecule has 14 nitrogen and oxygen atoms in total. The fourth-order valence-corrected chi connectivity index (χ4v) is 10.3. The molecule has 2 aromatic rings. The number of nitrogens with one attached hydrogen (secondary N) is 2. The number of methoxy groups -OCH3 is 2. The summed E-state index contributed by atoms with van der Waals surface area (Å²) in [6, 6.07) is 6.87. The van der Waals surface area contributed by atoms with Gasteiger partial charge >= 0.3 is 6.09 Å². The quantitative estimate of drug-likeness (QED) is 0.174. The lowest BCUT2D eigenvalue weighted by Gasteiger charge is -2.41. The maximum atomic E-state index is 14.4. The Morgan fingerprint density at radius 1 is 1.02 bits per heavy atom. The molecule has 58 heavy (non-hydrogen) atoms. The van der Waals surface area contributed by atoms with Crippen molar-refractivity contribution in [3.8, 4) is 0 Å². The van der Waals surface area contributed by atoms with Crippen molar-refractivity contribution < 1.29 is 38.6 Å². The zero-order valence-corrected chi connectivity index (χ0v) is 36.2. The van der Waals surface area contributed by atoms with Crippen LogP contribution in [0.4, 0.5) is 4.79 Å². The molecule has 1 aromatic carbocycles. The van der Waals surface area contributed by atoms with Crippen molar-refractivity contribution in [2.45, 2.75) is 134 Å². The van der Waals surface area contributed by atoms with E-state index in [-0.39, 0.29) is 60.0 Å². The average Bonchev–Trinajstić information content (AvgIpc) is 4.05. The number of carbonyl (C=O) groups excluding carboxylic acids is 4. The predicted molar refractivity (Wildman–Crippen MR) is 221 cm³/mol. The molecule has 2 saturated heterocycles. The molecule has 3 fully saturated rings. The molecule has 7 unspecified atom stereocenters. The number of benzene rings is 1. The summed E-state index contributed by atoms with van der Waals surface area (Å²) in [5.41, 5.74) is 1.08. The SMILES string of the molecule is CCC(C)C(C(CC(=O)N1CCC[C@H]1C(OC)C(C)C(=O)NC(Cc1ccccc1)c1nccs1)OC)N(C)C(=O)C(NC(=O)[C@@H]1[C@H]2CC[C@H](C2)N1C(=O)O)C(C)C. The maximum absolute atomic E-state index is 14.4. The van der Waals surface area contributed by atoms with Gasteiger partial charge in [0.05, 0.1) is 42.7 Å². The number of hydrogen-bond donors (Lipinski definition) is 3. The lowest BCUT2D eigenvalue weighted by atomic mass is 9.89. The van der Waals surface area contributed by atoms with E-state index >= 15 is 0 Å². The Bertz CT molecular complexity index is 1700. The Hall–Kier alpha value is -4.08. The number of thiazole rings is 1. The van der Waals surface area contributed by atoms with Gasteiger partial charge in [-0.1, -0.05) is 71.4 Å². The number of aromatic nitrogens is 1. The largest absolute Gasteiger partial charge is 0.465 e. The van der Waals surface area contributed by atoms with E-state index in [9.17, 15) is 29.1 Å². The van der Waals surface area contributed by atoms with E-state index in [1.165, 1.54) is 16.2 Å². The highest BCUT2D eigenvalue weighted by atomic mass is 32.1. The van der Waals surface area contributed by atoms with Crippen LogP contribution >= 0.6 is 11.3 Å². The summed E-state index contributed by atoms with van der Waals surface area (Å²) in [5.74, 6) is -2.12. The Labute approximate surface area is 347 Å². The summed E-state index contributed by atoms with van der Waals surface area (Å²) in [5, 5.41) is 18.8. The number of likely N-dealkylation sites (N-methyl/N-ethyl adjacent to an activating group) is 1. The number of carboxylic acid groups (broad SMARTS) is 1. The highest BCUT2D eigenvalue weighted by Gasteiger charge is 2.52. The number of fused-ring (bicyclic) bond motifs is 2. The monoisotopic (exact) mass is 824 g/mol. The van der Waals surface area contributed by atoms with Crippen LogP contribution in [0.2, 0.25) is 0 Å². The number of ether oxygens (including phenoxy) is 2. The third-order valence-electron chi connectivity index (χ3n) is 12.9. The Morgan fingerprint density at radius 2 is 1.74 bits per heavy atom. The minimum absolute atomic E-state index is 0.00272. The van der Waals surface area contributed by atoms with Gasteiger partial charge in [-0.15, -0.1) is 11.3 Å². The van der Waals surface area contributed by atoms with Gasteiger partial charge in [0.2, 0.25) is 23.6 Å². The lowest BCUT2D eigenvalue weighted by Crippen LogP contribution is -2.60. The van der Waals surface area contributed by atoms with Gasteiger partial charge in [0.15, 0.2) is 0 Å². The molecule has 1 aromatic heterocycles. The molecule has 0 radical (unpaired) electrons. The van der Waals surface area contributed by atoms with E-state index < -0.39 is 48.3 Å². The van der Waals surface area contributed by atoms with Crippen LogP contribution in [0, 0.1) is 23.7 Å². The second-order valence-corrected chi connectivity index (χ2v) is 17.7. The number of carbonyl (C=O) groups is 5. The van der Waals surface area contributed by atoms with Crippen molar-refractivity contribution in [1.82, 2.24) is 30.3 Å². The number of nitrogens with zero attached hydrogens (tertiary/aromatic N) is 4. The van der Waals surface area contributed by atoms with Gasteiger partial charge in [-0.05, 0) is 61.8 Å². The average molecular weight is 825 g/mol. The summed E-state index contributed by atoms with van der Waals surface area (Å²) < 4.78 is 12.1. The standard InChI is InChI=1S/C43H64N6O8S/c1-9-26(4)36(47(6)42(53)35(25(2)3)46-40(52)37-29-17-18-30(23-29)49(37)43(54)55)33(56-7)24-34(50)48-20-13-16-32(48)38(57-8)27(5)39(51)45-31(41-44-19-21-58-41)22-28-14-11-10-12-15-28/h10-12,14-15,19,21,25-27,29-33,35-38H,9,13,16-18,20,22-24H2,1-8H3,(H,45,51)(H,46,52)(H,54,55)/t26?,27?,29-,30+,31?,32-,33?,35?,36?,37-,38?/m0/s1. The summed E-state index contributed by atoms with van der Waals surface area (Å²) in [4.78, 5) is 77.7. The molecule has 0 spiro atoms. The van der Waals surface area contributed by atoms with Gasteiger partial charge < -0.3 is 35.0 Å². The molecule has 2 aliphatic heterocycles. The fourth-order valence-electron chi connectivity index (χ4n) is 9.64. The molecule has 3 N–H and O–H groups in total.